The summed E-state index contributed by atoms with van der Waals surface area (Å²) in [5, 5.41) is 10.9. The normalized spacial score (nSPS) is 11.4. The molecule has 0 bridgehead atoms. The smallest absolute Gasteiger partial charge is 0.396 e. The lowest BCUT2D eigenvalue weighted by Gasteiger charge is -2.23. The molecule has 4 aromatic rings. The zero-order valence-electron chi connectivity index (χ0n) is 15.8. The fourth-order valence-electron chi connectivity index (χ4n) is 2.91. The number of anilines is 1. The van der Waals surface area contributed by atoms with E-state index in [0.717, 1.165) is 23.5 Å². The number of carbonyl (C=O) groups is 1. The number of nitro groups is 1. The van der Waals surface area contributed by atoms with E-state index in [-0.39, 0.29) is 27.4 Å². The van der Waals surface area contributed by atoms with Gasteiger partial charge < -0.3 is 4.42 Å². The first-order valence-corrected chi connectivity index (χ1v) is 11.9. The maximum atomic E-state index is 13.5. The lowest BCUT2D eigenvalue weighted by atomic mass is 10.2. The zero-order chi connectivity index (χ0) is 23.0. The number of non-ortho nitro benzene ring substituents is 1. The topological polar surface area (TPSA) is 128 Å². The van der Waals surface area contributed by atoms with Crippen molar-refractivity contribution in [2.75, 3.05) is 4.31 Å². The standard InChI is InChI=1S/C20H11BrN2O7S2/c21-13-3-8-16(9-4-13)32(28,29)22(15-7-10-17-18(11-15)31-20(25)30-17)19(24)12-1-5-14(6-2-12)23(26)27/h1-11H. The second kappa shape index (κ2) is 8.30. The number of rotatable bonds is 5. The van der Waals surface area contributed by atoms with E-state index < -0.39 is 25.8 Å². The molecule has 1 heterocycles. The Hall–Kier alpha value is -3.35. The summed E-state index contributed by atoms with van der Waals surface area (Å²) in [7, 11) is -4.38. The van der Waals surface area contributed by atoms with E-state index in [1.165, 1.54) is 54.6 Å². The van der Waals surface area contributed by atoms with Crippen LogP contribution in [0, 0.1) is 10.1 Å². The van der Waals surface area contributed by atoms with Crippen LogP contribution >= 0.6 is 27.3 Å². The molecule has 0 N–H and O–H groups in total. The molecule has 9 nitrogen and oxygen atoms in total. The van der Waals surface area contributed by atoms with E-state index in [1.54, 1.807) is 0 Å². The van der Waals surface area contributed by atoms with Gasteiger partial charge in [-0.2, -0.15) is 4.31 Å². The van der Waals surface area contributed by atoms with Gasteiger partial charge in [0.05, 0.1) is 20.2 Å². The molecule has 0 unspecified atom stereocenters. The molecular weight excluding hydrogens is 524 g/mol. The van der Waals surface area contributed by atoms with Crippen molar-refractivity contribution in [3.63, 3.8) is 0 Å². The van der Waals surface area contributed by atoms with E-state index >= 15 is 0 Å². The molecular formula is C20H11BrN2O7S2. The lowest BCUT2D eigenvalue weighted by molar-refractivity contribution is -0.384. The molecule has 0 aliphatic rings. The van der Waals surface area contributed by atoms with E-state index in [1.807, 2.05) is 0 Å². The summed E-state index contributed by atoms with van der Waals surface area (Å²) in [6.45, 7) is 0. The van der Waals surface area contributed by atoms with Gasteiger partial charge in [0, 0.05) is 22.2 Å². The van der Waals surface area contributed by atoms with Gasteiger partial charge in [-0.25, -0.2) is 13.2 Å². The van der Waals surface area contributed by atoms with Crippen LogP contribution < -0.4 is 9.24 Å². The predicted octanol–water partition coefficient (Wildman–Crippen LogP) is 4.56. The van der Waals surface area contributed by atoms with Crippen LogP contribution in [0.2, 0.25) is 0 Å². The van der Waals surface area contributed by atoms with Crippen LogP contribution in [0.4, 0.5) is 11.4 Å². The van der Waals surface area contributed by atoms with Crippen molar-refractivity contribution in [3.8, 4) is 0 Å². The van der Waals surface area contributed by atoms with Crippen LogP contribution in [-0.4, -0.2) is 19.2 Å². The van der Waals surface area contributed by atoms with Crippen LogP contribution in [0.1, 0.15) is 10.4 Å². The van der Waals surface area contributed by atoms with E-state index in [0.29, 0.717) is 13.5 Å². The number of nitro benzene ring substituents is 1. The van der Waals surface area contributed by atoms with Gasteiger partial charge in [-0.05, 0) is 54.6 Å². The molecule has 0 saturated carbocycles. The van der Waals surface area contributed by atoms with Crippen molar-refractivity contribution in [1.82, 2.24) is 0 Å². The molecule has 0 aliphatic heterocycles. The number of hydrogen-bond donors (Lipinski definition) is 0. The van der Waals surface area contributed by atoms with Crippen LogP contribution in [0.5, 0.6) is 0 Å². The van der Waals surface area contributed by atoms with Crippen molar-refractivity contribution in [1.29, 1.82) is 0 Å². The minimum absolute atomic E-state index is 0.0131. The largest absolute Gasteiger partial charge is 0.414 e. The Labute approximate surface area is 192 Å². The third-order valence-corrected chi connectivity index (χ3v) is 7.45. The number of benzene rings is 3. The summed E-state index contributed by atoms with van der Waals surface area (Å²) in [5.41, 5.74) is -0.0708. The number of halogens is 1. The lowest BCUT2D eigenvalue weighted by Crippen LogP contribution is -2.37. The molecule has 0 fully saturated rings. The molecule has 162 valence electrons. The Morgan fingerprint density at radius 1 is 1.03 bits per heavy atom. The summed E-state index contributed by atoms with van der Waals surface area (Å²) >= 11 is 4.01. The number of hydrogen-bond acceptors (Lipinski definition) is 8. The van der Waals surface area contributed by atoms with Gasteiger partial charge in [0.2, 0.25) is 0 Å². The quantitative estimate of drug-likeness (QED) is 0.271. The molecule has 0 atom stereocenters. The van der Waals surface area contributed by atoms with Crippen LogP contribution in [-0.2, 0) is 10.0 Å². The molecule has 12 heteroatoms. The maximum absolute atomic E-state index is 13.5. The molecule has 0 saturated heterocycles. The summed E-state index contributed by atoms with van der Waals surface area (Å²) in [4.78, 5) is 34.5. The molecule has 1 amide bonds. The summed E-state index contributed by atoms with van der Waals surface area (Å²) in [5.74, 6) is -0.919. The summed E-state index contributed by atoms with van der Waals surface area (Å²) < 4.78 is 33.6. The Morgan fingerprint density at radius 3 is 2.31 bits per heavy atom. The van der Waals surface area contributed by atoms with Crippen molar-refractivity contribution in [2.24, 2.45) is 0 Å². The summed E-state index contributed by atoms with van der Waals surface area (Å²) in [6, 6.07) is 14.4. The van der Waals surface area contributed by atoms with Crippen molar-refractivity contribution in [3.05, 3.63) is 96.6 Å². The van der Waals surface area contributed by atoms with Crippen LogP contribution in [0.3, 0.4) is 0 Å². The summed E-state index contributed by atoms with van der Waals surface area (Å²) in [6.07, 6.45) is 0. The Morgan fingerprint density at radius 2 is 1.69 bits per heavy atom. The average Bonchev–Trinajstić information content (AvgIpc) is 3.13. The van der Waals surface area contributed by atoms with Crippen LogP contribution in [0.15, 0.2) is 85.3 Å². The van der Waals surface area contributed by atoms with Crippen molar-refractivity contribution < 1.29 is 22.6 Å². The first-order chi connectivity index (χ1) is 15.2. The number of fused-ring (bicyclic) bond motifs is 1. The number of carbonyl (C=O) groups excluding carboxylic acids is 1. The molecule has 32 heavy (non-hydrogen) atoms. The zero-order valence-corrected chi connectivity index (χ0v) is 19.0. The molecule has 0 aliphatic carbocycles. The average molecular weight is 535 g/mol. The number of amides is 1. The fraction of sp³-hybridized carbons (Fsp3) is 0. The molecule has 3 aromatic carbocycles. The highest BCUT2D eigenvalue weighted by Gasteiger charge is 2.32. The highest BCUT2D eigenvalue weighted by atomic mass is 79.9. The maximum Gasteiger partial charge on any atom is 0.396 e. The van der Waals surface area contributed by atoms with Gasteiger partial charge in [-0.1, -0.05) is 27.3 Å². The molecule has 0 radical (unpaired) electrons. The first kappa shape index (κ1) is 21.9. The molecule has 1 aromatic heterocycles. The van der Waals surface area contributed by atoms with Crippen LogP contribution in [0.25, 0.3) is 10.3 Å². The van der Waals surface area contributed by atoms with Crippen molar-refractivity contribution in [2.45, 2.75) is 4.90 Å². The highest BCUT2D eigenvalue weighted by Crippen LogP contribution is 2.31. The first-order valence-electron chi connectivity index (χ1n) is 8.80. The number of sulfonamides is 1. The third kappa shape index (κ3) is 4.07. The Balaban J connectivity index is 1.88. The Kier molecular flexibility index (Phi) is 5.67. The predicted molar refractivity (Wildman–Crippen MR) is 122 cm³/mol. The second-order valence-electron chi connectivity index (χ2n) is 6.42. The fourth-order valence-corrected chi connectivity index (χ4v) is 5.28. The van der Waals surface area contributed by atoms with E-state index in [4.69, 9.17) is 4.42 Å². The van der Waals surface area contributed by atoms with Gasteiger partial charge in [0.25, 0.3) is 21.6 Å². The third-order valence-electron chi connectivity index (χ3n) is 4.41. The van der Waals surface area contributed by atoms with Crippen molar-refractivity contribution >= 4 is 64.9 Å². The molecule has 0 spiro atoms. The van der Waals surface area contributed by atoms with Gasteiger partial charge in [0.15, 0.2) is 0 Å². The van der Waals surface area contributed by atoms with E-state index in [9.17, 15) is 28.1 Å². The SMILES string of the molecule is O=C(c1ccc([N+](=O)[O-])cc1)N(c1ccc2oc(=O)sc2c1)S(=O)(=O)c1ccc(Br)cc1. The van der Waals surface area contributed by atoms with E-state index in [2.05, 4.69) is 15.9 Å². The molecule has 4 rings (SSSR count). The highest BCUT2D eigenvalue weighted by molar-refractivity contribution is 9.10. The monoisotopic (exact) mass is 534 g/mol. The minimum Gasteiger partial charge on any atom is -0.414 e. The Bertz CT molecular complexity index is 1510. The van der Waals surface area contributed by atoms with Gasteiger partial charge >= 0.3 is 4.94 Å². The number of nitrogens with zero attached hydrogens (tertiary/aromatic N) is 2. The van der Waals surface area contributed by atoms with Gasteiger partial charge in [-0.3, -0.25) is 14.9 Å². The van der Waals surface area contributed by atoms with Gasteiger partial charge in [-0.15, -0.1) is 0 Å². The minimum atomic E-state index is -4.38. The second-order valence-corrected chi connectivity index (χ2v) is 10.1. The van der Waals surface area contributed by atoms with Gasteiger partial charge in [0.1, 0.15) is 5.58 Å².